The third kappa shape index (κ3) is 5.96. The smallest absolute Gasteiger partial charge is 0.119 e. The molecule has 28 heavy (non-hydrogen) atoms. The third-order valence-corrected chi connectivity index (χ3v) is 7.17. The Labute approximate surface area is 181 Å². The van der Waals surface area contributed by atoms with Gasteiger partial charge in [0.25, 0.3) is 0 Å². The number of aryl methyl sites for hydroxylation is 1. The lowest BCUT2D eigenvalue weighted by molar-refractivity contribution is 0.304. The van der Waals surface area contributed by atoms with E-state index < -0.39 is 0 Å². The molecule has 2 aromatic carbocycles. The van der Waals surface area contributed by atoms with E-state index in [1.807, 2.05) is 11.3 Å². The van der Waals surface area contributed by atoms with Gasteiger partial charge in [0.2, 0.25) is 0 Å². The van der Waals surface area contributed by atoms with Crippen molar-refractivity contribution in [3.8, 4) is 27.3 Å². The number of ether oxygens (including phenoxy) is 1. The molecule has 0 saturated carbocycles. The van der Waals surface area contributed by atoms with Crippen LogP contribution in [0.3, 0.4) is 0 Å². The van der Waals surface area contributed by atoms with Crippen LogP contribution in [0.15, 0.2) is 59.1 Å². The van der Waals surface area contributed by atoms with E-state index in [1.165, 1.54) is 63.0 Å². The summed E-state index contributed by atoms with van der Waals surface area (Å²) in [5.74, 6) is 0.966. The van der Waals surface area contributed by atoms with Crippen molar-refractivity contribution in [2.75, 3.05) is 6.61 Å². The van der Waals surface area contributed by atoms with Crippen LogP contribution in [-0.4, -0.2) is 6.61 Å². The molecule has 0 spiro atoms. The SMILES string of the molecule is CCCCCCCCOc1ccc(-c2ccc(-c3cc(Br)c(C)s3)cc2)cc1. The number of halogens is 1. The largest absolute Gasteiger partial charge is 0.494 e. The Kier molecular flexibility index (Phi) is 8.17. The summed E-state index contributed by atoms with van der Waals surface area (Å²) in [5, 5.41) is 0. The molecular formula is C25H29BrOS. The summed E-state index contributed by atoms with van der Waals surface area (Å²) in [4.78, 5) is 2.62. The van der Waals surface area contributed by atoms with Crippen molar-refractivity contribution in [3.05, 3.63) is 63.9 Å². The standard InChI is InChI=1S/C25H29BrOS/c1-3-4-5-6-7-8-17-27-23-15-13-21(14-16-23)20-9-11-22(12-10-20)25-18-24(26)19(2)28-25/h9-16,18H,3-8,17H2,1-2H3. The maximum atomic E-state index is 5.89. The van der Waals surface area contributed by atoms with Gasteiger partial charge in [-0.05, 0) is 64.2 Å². The van der Waals surface area contributed by atoms with E-state index in [-0.39, 0.29) is 0 Å². The van der Waals surface area contributed by atoms with E-state index in [1.54, 1.807) is 0 Å². The van der Waals surface area contributed by atoms with E-state index >= 15 is 0 Å². The Balaban J connectivity index is 1.52. The molecular weight excluding hydrogens is 428 g/mol. The van der Waals surface area contributed by atoms with Gasteiger partial charge in [-0.3, -0.25) is 0 Å². The highest BCUT2D eigenvalue weighted by Gasteiger charge is 2.06. The summed E-state index contributed by atoms with van der Waals surface area (Å²) in [7, 11) is 0. The first-order valence-corrected chi connectivity index (χ1v) is 11.9. The fourth-order valence-corrected chi connectivity index (χ4v) is 4.79. The Morgan fingerprint density at radius 3 is 1.96 bits per heavy atom. The molecule has 0 amide bonds. The monoisotopic (exact) mass is 456 g/mol. The molecule has 1 heterocycles. The first-order chi connectivity index (χ1) is 13.7. The van der Waals surface area contributed by atoms with E-state index in [9.17, 15) is 0 Å². The van der Waals surface area contributed by atoms with Crippen molar-refractivity contribution in [1.82, 2.24) is 0 Å². The van der Waals surface area contributed by atoms with E-state index in [0.717, 1.165) is 18.8 Å². The van der Waals surface area contributed by atoms with Gasteiger partial charge in [-0.25, -0.2) is 0 Å². The highest BCUT2D eigenvalue weighted by atomic mass is 79.9. The van der Waals surface area contributed by atoms with Crippen LogP contribution in [0.4, 0.5) is 0 Å². The summed E-state index contributed by atoms with van der Waals surface area (Å²) in [6, 6.07) is 19.5. The number of thiophene rings is 1. The van der Waals surface area contributed by atoms with Crippen molar-refractivity contribution in [2.24, 2.45) is 0 Å². The lowest BCUT2D eigenvalue weighted by atomic mass is 10.0. The van der Waals surface area contributed by atoms with E-state index in [0.29, 0.717) is 0 Å². The number of benzene rings is 2. The molecule has 0 atom stereocenters. The lowest BCUT2D eigenvalue weighted by Crippen LogP contribution is -1.97. The Morgan fingerprint density at radius 2 is 1.36 bits per heavy atom. The van der Waals surface area contributed by atoms with Gasteiger partial charge in [0, 0.05) is 14.2 Å². The van der Waals surface area contributed by atoms with Crippen LogP contribution in [0.2, 0.25) is 0 Å². The summed E-state index contributed by atoms with van der Waals surface area (Å²) < 4.78 is 7.08. The summed E-state index contributed by atoms with van der Waals surface area (Å²) >= 11 is 5.43. The first kappa shape index (κ1) is 21.1. The Morgan fingerprint density at radius 1 is 0.786 bits per heavy atom. The fourth-order valence-electron chi connectivity index (χ4n) is 3.25. The van der Waals surface area contributed by atoms with Gasteiger partial charge in [-0.15, -0.1) is 11.3 Å². The normalized spacial score (nSPS) is 11.0. The molecule has 1 nitrogen and oxygen atoms in total. The second kappa shape index (κ2) is 10.8. The molecule has 0 saturated heterocycles. The molecule has 148 valence electrons. The predicted molar refractivity (Wildman–Crippen MR) is 126 cm³/mol. The lowest BCUT2D eigenvalue weighted by Gasteiger charge is -2.08. The topological polar surface area (TPSA) is 9.23 Å². The minimum Gasteiger partial charge on any atom is -0.494 e. The minimum atomic E-state index is 0.815. The van der Waals surface area contributed by atoms with E-state index in [2.05, 4.69) is 84.4 Å². The number of unbranched alkanes of at least 4 members (excludes halogenated alkanes) is 5. The molecule has 0 fully saturated rings. The Bertz CT molecular complexity index is 830. The summed E-state index contributed by atoms with van der Waals surface area (Å²) in [6.45, 7) is 5.21. The molecule has 0 aliphatic rings. The van der Waals surface area contributed by atoms with Crippen LogP contribution in [0.25, 0.3) is 21.6 Å². The zero-order valence-corrected chi connectivity index (χ0v) is 19.2. The van der Waals surface area contributed by atoms with Crippen molar-refractivity contribution in [1.29, 1.82) is 0 Å². The van der Waals surface area contributed by atoms with Crippen LogP contribution in [0.5, 0.6) is 5.75 Å². The molecule has 0 radical (unpaired) electrons. The summed E-state index contributed by atoms with van der Waals surface area (Å²) in [5.41, 5.74) is 3.72. The number of rotatable bonds is 10. The van der Waals surface area contributed by atoms with Crippen molar-refractivity contribution in [2.45, 2.75) is 52.4 Å². The molecule has 0 N–H and O–H groups in total. The summed E-state index contributed by atoms with van der Waals surface area (Å²) in [6.07, 6.45) is 7.75. The third-order valence-electron chi connectivity index (χ3n) is 4.98. The highest BCUT2D eigenvalue weighted by Crippen LogP contribution is 2.35. The number of hydrogen-bond donors (Lipinski definition) is 0. The average Bonchev–Trinajstić information content (AvgIpc) is 3.06. The van der Waals surface area contributed by atoms with E-state index in [4.69, 9.17) is 4.74 Å². The number of hydrogen-bond acceptors (Lipinski definition) is 2. The average molecular weight is 457 g/mol. The maximum Gasteiger partial charge on any atom is 0.119 e. The zero-order chi connectivity index (χ0) is 19.8. The van der Waals surface area contributed by atoms with Crippen LogP contribution >= 0.6 is 27.3 Å². The van der Waals surface area contributed by atoms with Gasteiger partial charge in [0.1, 0.15) is 5.75 Å². The van der Waals surface area contributed by atoms with Gasteiger partial charge < -0.3 is 4.74 Å². The van der Waals surface area contributed by atoms with Crippen molar-refractivity contribution >= 4 is 27.3 Å². The quantitative estimate of drug-likeness (QED) is 0.276. The van der Waals surface area contributed by atoms with Crippen LogP contribution in [-0.2, 0) is 0 Å². The van der Waals surface area contributed by atoms with Crippen molar-refractivity contribution in [3.63, 3.8) is 0 Å². The van der Waals surface area contributed by atoms with Crippen LogP contribution in [0, 0.1) is 6.92 Å². The fraction of sp³-hybridized carbons (Fsp3) is 0.360. The molecule has 3 aromatic rings. The van der Waals surface area contributed by atoms with Crippen molar-refractivity contribution < 1.29 is 4.74 Å². The van der Waals surface area contributed by atoms with Gasteiger partial charge in [-0.2, -0.15) is 0 Å². The molecule has 1 aromatic heterocycles. The second-order valence-electron chi connectivity index (χ2n) is 7.23. The molecule has 3 rings (SSSR count). The van der Waals surface area contributed by atoms with Gasteiger partial charge in [0.05, 0.1) is 6.61 Å². The molecule has 0 aliphatic carbocycles. The van der Waals surface area contributed by atoms with Gasteiger partial charge >= 0.3 is 0 Å². The van der Waals surface area contributed by atoms with Crippen LogP contribution < -0.4 is 4.74 Å². The molecule has 0 unspecified atom stereocenters. The van der Waals surface area contributed by atoms with Gasteiger partial charge in [0.15, 0.2) is 0 Å². The molecule has 0 aliphatic heterocycles. The zero-order valence-electron chi connectivity index (χ0n) is 16.8. The second-order valence-corrected chi connectivity index (χ2v) is 9.34. The Hall–Kier alpha value is -1.58. The highest BCUT2D eigenvalue weighted by molar-refractivity contribution is 9.10. The van der Waals surface area contributed by atoms with Gasteiger partial charge in [-0.1, -0.05) is 75.4 Å². The first-order valence-electron chi connectivity index (χ1n) is 10.3. The molecule has 0 bridgehead atoms. The predicted octanol–water partition coefficient (Wildman–Crippen LogP) is 8.89. The van der Waals surface area contributed by atoms with Crippen LogP contribution in [0.1, 0.15) is 50.3 Å². The minimum absolute atomic E-state index is 0.815. The maximum absolute atomic E-state index is 5.89. The molecule has 3 heteroatoms.